The van der Waals surface area contributed by atoms with Crippen LogP contribution in [0.5, 0.6) is 0 Å². The first-order valence-corrected chi connectivity index (χ1v) is 17.2. The Morgan fingerprint density at radius 2 is 1.08 bits per heavy atom. The van der Waals surface area contributed by atoms with E-state index in [0.29, 0.717) is 33.2 Å². The highest BCUT2D eigenvalue weighted by Crippen LogP contribution is 2.52. The molecule has 0 unspecified atom stereocenters. The van der Waals surface area contributed by atoms with Gasteiger partial charge in [0.15, 0.2) is 11.6 Å². The van der Waals surface area contributed by atoms with Crippen LogP contribution in [0.4, 0.5) is 0 Å². The molecule has 250 valence electrons. The fourth-order valence-corrected chi connectivity index (χ4v) is 8.07. The van der Waals surface area contributed by atoms with E-state index < -0.39 is 53.8 Å². The van der Waals surface area contributed by atoms with E-state index in [9.17, 15) is 2.74 Å². The molecule has 0 radical (unpaired) electrons. The quantitative estimate of drug-likeness (QED) is 0.185. The monoisotopic (exact) mass is 691 g/mol. The molecule has 0 fully saturated rings. The first-order valence-electron chi connectivity index (χ1n) is 23.2. The van der Waals surface area contributed by atoms with Crippen molar-refractivity contribution in [1.82, 2.24) is 24.1 Å². The lowest BCUT2D eigenvalue weighted by molar-refractivity contribution is 0.661. The Bertz CT molecular complexity index is 3760. The molecule has 7 aromatic carbocycles. The predicted octanol–water partition coefficient (Wildman–Crippen LogP) is 11.7. The van der Waals surface area contributed by atoms with E-state index in [4.69, 9.17) is 28.7 Å². The van der Waals surface area contributed by atoms with Crippen LogP contribution in [-0.4, -0.2) is 24.1 Å². The summed E-state index contributed by atoms with van der Waals surface area (Å²) in [5, 5.41) is 3.01. The van der Waals surface area contributed by atoms with Gasteiger partial charge in [-0.2, -0.15) is 9.97 Å². The number of fused-ring (bicyclic) bond motifs is 10. The minimum Gasteiger partial charge on any atom is -0.307 e. The minimum atomic E-state index is -1.22. The van der Waals surface area contributed by atoms with Gasteiger partial charge in [0.05, 0.1) is 38.5 Å². The fourth-order valence-electron chi connectivity index (χ4n) is 8.07. The molecule has 0 bridgehead atoms. The zero-order valence-corrected chi connectivity index (χ0v) is 28.4. The zero-order valence-electron chi connectivity index (χ0n) is 40.4. The maximum absolute atomic E-state index is 9.52. The average Bonchev–Trinajstić information content (AvgIpc) is 3.91. The van der Waals surface area contributed by atoms with E-state index in [1.165, 1.54) is 0 Å². The molecule has 0 saturated heterocycles. The van der Waals surface area contributed by atoms with Gasteiger partial charge in [-0.25, -0.2) is 4.98 Å². The molecule has 11 rings (SSSR count). The van der Waals surface area contributed by atoms with Crippen molar-refractivity contribution < 1.29 is 16.4 Å². The van der Waals surface area contributed by atoms with Crippen LogP contribution in [0.15, 0.2) is 164 Å². The minimum absolute atomic E-state index is 0.0380. The summed E-state index contributed by atoms with van der Waals surface area (Å²) in [5.41, 5.74) is 2.44. The smallest absolute Gasteiger partial charge is 0.238 e. The summed E-state index contributed by atoms with van der Waals surface area (Å²) < 4.78 is 111. The van der Waals surface area contributed by atoms with Crippen molar-refractivity contribution in [3.63, 3.8) is 0 Å². The van der Waals surface area contributed by atoms with Crippen LogP contribution in [0.2, 0.25) is 0 Å². The Kier molecular flexibility index (Phi) is 4.23. The van der Waals surface area contributed by atoms with Gasteiger partial charge in [0.2, 0.25) is 5.95 Å². The summed E-state index contributed by atoms with van der Waals surface area (Å²) in [5.74, 6) is 0.240. The van der Waals surface area contributed by atoms with Crippen molar-refractivity contribution >= 4 is 43.6 Å². The Morgan fingerprint density at radius 3 is 1.83 bits per heavy atom. The van der Waals surface area contributed by atoms with E-state index in [-0.39, 0.29) is 69.7 Å². The summed E-state index contributed by atoms with van der Waals surface area (Å²) in [6.45, 7) is 3.54. The van der Waals surface area contributed by atoms with Gasteiger partial charge in [-0.1, -0.05) is 153 Å². The van der Waals surface area contributed by atoms with Crippen LogP contribution in [0.1, 0.15) is 41.4 Å². The molecular formula is C48H33N5. The molecule has 0 amide bonds. The molecule has 10 aromatic rings. The van der Waals surface area contributed by atoms with Gasteiger partial charge in [-0.05, 0) is 46.5 Å². The molecule has 53 heavy (non-hydrogen) atoms. The molecule has 0 N–H and O–H groups in total. The first-order chi connectivity index (χ1) is 31.1. The fraction of sp³-hybridized carbons (Fsp3) is 0.0625. The lowest BCUT2D eigenvalue weighted by Gasteiger charge is -2.24. The molecule has 3 aromatic heterocycles. The van der Waals surface area contributed by atoms with Gasteiger partial charge >= 0.3 is 0 Å². The van der Waals surface area contributed by atoms with E-state index >= 15 is 0 Å². The third kappa shape index (κ3) is 4.22. The Balaban J connectivity index is 1.33. The summed E-state index contributed by atoms with van der Waals surface area (Å²) in [4.78, 5) is 15.3. The Morgan fingerprint density at radius 1 is 0.491 bits per heavy atom. The maximum atomic E-state index is 9.52. The molecule has 3 heterocycles. The van der Waals surface area contributed by atoms with Crippen molar-refractivity contribution in [1.29, 1.82) is 0 Å². The van der Waals surface area contributed by atoms with Crippen LogP contribution in [-0.2, 0) is 5.41 Å². The van der Waals surface area contributed by atoms with E-state index in [1.807, 2.05) is 95.6 Å². The number of para-hydroxylation sites is 3. The lowest BCUT2D eigenvalue weighted by Crippen LogP contribution is -2.17. The third-order valence-corrected chi connectivity index (χ3v) is 10.3. The van der Waals surface area contributed by atoms with Gasteiger partial charge in [0.25, 0.3) is 0 Å². The molecule has 5 heteroatoms. The second-order valence-electron chi connectivity index (χ2n) is 13.6. The zero-order chi connectivity index (χ0) is 45.7. The van der Waals surface area contributed by atoms with E-state index in [0.717, 1.165) is 21.5 Å². The molecule has 5 nitrogen and oxygen atoms in total. The summed E-state index contributed by atoms with van der Waals surface area (Å²) >= 11 is 0. The second-order valence-corrected chi connectivity index (χ2v) is 13.6. The predicted molar refractivity (Wildman–Crippen MR) is 217 cm³/mol. The standard InChI is InChI=1S/C48H33N5/c1-48(2)39-25-12-9-20-32(39)35-23-15-24-38(42(35)48)46-49-45(30-16-5-3-6-17-30)50-47(51-46)53-41-27-14-11-22-34(41)37-29-28-36-33-21-10-13-26-40(33)52(43(36)44(37)53)31-18-7-4-8-19-31/h3-29H,1-2H3/i4D,7D,8D,9D,12D,15D,18D,19D,20D,23D,24D,25D. The number of aromatic nitrogens is 5. The third-order valence-electron chi connectivity index (χ3n) is 10.3. The Labute approximate surface area is 323 Å². The average molecular weight is 692 g/mol. The summed E-state index contributed by atoms with van der Waals surface area (Å²) in [6.07, 6.45) is 0. The number of rotatable bonds is 4. The molecular weight excluding hydrogens is 647 g/mol. The molecule has 1 aliphatic carbocycles. The topological polar surface area (TPSA) is 48.5 Å². The van der Waals surface area contributed by atoms with Crippen LogP contribution in [0.3, 0.4) is 0 Å². The van der Waals surface area contributed by atoms with Gasteiger partial charge in [0, 0.05) is 43.8 Å². The highest BCUT2D eigenvalue weighted by Gasteiger charge is 2.38. The van der Waals surface area contributed by atoms with Crippen molar-refractivity contribution in [3.05, 3.63) is 175 Å². The highest BCUT2D eigenvalue weighted by molar-refractivity contribution is 6.23. The van der Waals surface area contributed by atoms with Gasteiger partial charge in [0.1, 0.15) is 0 Å². The highest BCUT2D eigenvalue weighted by atomic mass is 15.2. The number of benzene rings is 7. The van der Waals surface area contributed by atoms with E-state index in [2.05, 4.69) is 0 Å². The molecule has 0 spiro atoms. The van der Waals surface area contributed by atoms with Crippen LogP contribution in [0.25, 0.3) is 89.2 Å². The number of hydrogen-bond donors (Lipinski definition) is 0. The van der Waals surface area contributed by atoms with Gasteiger partial charge in [-0.3, -0.25) is 4.57 Å². The molecule has 0 aliphatic heterocycles. The maximum Gasteiger partial charge on any atom is 0.238 e. The SMILES string of the molecule is [2H]c1c([2H])c([2H])c(-n2c3ccccc3c3ccc4c5ccccc5n(-c5nc(-c6ccccc6)nc(-c6c([2H])c([2H])c([2H])c7c6C(C)(C)c6c([2H])c([2H])c([2H])c([2H])c6-7)n5)c4c32)c([2H])c1[2H]. The summed E-state index contributed by atoms with van der Waals surface area (Å²) in [7, 11) is 0. The summed E-state index contributed by atoms with van der Waals surface area (Å²) in [6, 6.07) is 23.1. The first kappa shape index (κ1) is 20.3. The normalized spacial score (nSPS) is 16.4. The van der Waals surface area contributed by atoms with E-state index in [1.54, 1.807) is 18.4 Å². The Hall–Kier alpha value is -6.85. The van der Waals surface area contributed by atoms with Crippen molar-refractivity contribution in [2.75, 3.05) is 0 Å². The van der Waals surface area contributed by atoms with Crippen LogP contribution < -0.4 is 0 Å². The van der Waals surface area contributed by atoms with Crippen molar-refractivity contribution in [3.8, 4) is 45.5 Å². The van der Waals surface area contributed by atoms with Crippen LogP contribution >= 0.6 is 0 Å². The number of hydrogen-bond acceptors (Lipinski definition) is 3. The van der Waals surface area contributed by atoms with Crippen molar-refractivity contribution in [2.24, 2.45) is 0 Å². The second kappa shape index (κ2) is 11.1. The van der Waals surface area contributed by atoms with Gasteiger partial charge in [-0.15, -0.1) is 0 Å². The van der Waals surface area contributed by atoms with Gasteiger partial charge < -0.3 is 4.57 Å². The van der Waals surface area contributed by atoms with Crippen molar-refractivity contribution in [2.45, 2.75) is 19.3 Å². The molecule has 1 aliphatic rings. The number of nitrogens with zero attached hydrogens (tertiary/aromatic N) is 5. The molecule has 0 atom stereocenters. The van der Waals surface area contributed by atoms with Crippen LogP contribution in [0, 0.1) is 0 Å². The molecule has 0 saturated carbocycles. The largest absolute Gasteiger partial charge is 0.307 e. The lowest BCUT2D eigenvalue weighted by atomic mass is 9.80.